The molecule has 1 N–H and O–H groups in total. The van der Waals surface area contributed by atoms with Gasteiger partial charge in [-0.1, -0.05) is 6.07 Å². The molecule has 0 radical (unpaired) electrons. The molecule has 0 saturated carbocycles. The van der Waals surface area contributed by atoms with Gasteiger partial charge in [0.15, 0.2) is 0 Å². The first-order valence-electron chi connectivity index (χ1n) is 4.84. The summed E-state index contributed by atoms with van der Waals surface area (Å²) in [5.41, 5.74) is -0.239. The summed E-state index contributed by atoms with van der Waals surface area (Å²) < 4.78 is 26.4. The molecule has 16 heavy (non-hydrogen) atoms. The van der Waals surface area contributed by atoms with Gasteiger partial charge < -0.3 is 10.0 Å². The number of carbonyl (C=O) groups is 1. The zero-order valence-corrected chi connectivity index (χ0v) is 8.91. The summed E-state index contributed by atoms with van der Waals surface area (Å²) in [4.78, 5) is 12.7. The van der Waals surface area contributed by atoms with Gasteiger partial charge in [-0.25, -0.2) is 8.78 Å². The summed E-state index contributed by atoms with van der Waals surface area (Å²) >= 11 is 0. The maximum Gasteiger partial charge on any atom is 0.227 e. The van der Waals surface area contributed by atoms with Crippen molar-refractivity contribution in [2.24, 2.45) is 0 Å². The highest BCUT2D eigenvalue weighted by molar-refractivity contribution is 5.78. The van der Waals surface area contributed by atoms with Crippen molar-refractivity contribution in [2.45, 2.75) is 6.42 Å². The van der Waals surface area contributed by atoms with Crippen LogP contribution in [0.25, 0.3) is 0 Å². The van der Waals surface area contributed by atoms with Crippen LogP contribution in [-0.2, 0) is 11.2 Å². The molecular weight excluding hydrogens is 216 g/mol. The van der Waals surface area contributed by atoms with E-state index in [-0.39, 0.29) is 25.1 Å². The van der Waals surface area contributed by atoms with E-state index in [1.807, 2.05) is 0 Å². The number of carbonyl (C=O) groups excluding carboxylic acids is 1. The van der Waals surface area contributed by atoms with Gasteiger partial charge in [-0.15, -0.1) is 0 Å². The third-order valence-corrected chi connectivity index (χ3v) is 2.25. The van der Waals surface area contributed by atoms with Crippen LogP contribution in [0.3, 0.4) is 0 Å². The topological polar surface area (TPSA) is 40.5 Å². The van der Waals surface area contributed by atoms with E-state index in [2.05, 4.69) is 0 Å². The average Bonchev–Trinajstić information content (AvgIpc) is 2.23. The molecule has 0 spiro atoms. The van der Waals surface area contributed by atoms with Crippen LogP contribution in [0, 0.1) is 11.6 Å². The molecule has 88 valence electrons. The third-order valence-electron chi connectivity index (χ3n) is 2.25. The van der Waals surface area contributed by atoms with Crippen LogP contribution in [0.5, 0.6) is 0 Å². The van der Waals surface area contributed by atoms with Crippen LogP contribution >= 0.6 is 0 Å². The summed E-state index contributed by atoms with van der Waals surface area (Å²) in [7, 11) is 1.47. The van der Waals surface area contributed by atoms with Crippen molar-refractivity contribution in [1.82, 2.24) is 4.90 Å². The maximum atomic E-state index is 13.2. The van der Waals surface area contributed by atoms with Crippen LogP contribution in [-0.4, -0.2) is 36.1 Å². The first kappa shape index (κ1) is 12.6. The van der Waals surface area contributed by atoms with Crippen LogP contribution in [0.2, 0.25) is 0 Å². The van der Waals surface area contributed by atoms with Crippen LogP contribution in [0.15, 0.2) is 18.2 Å². The minimum Gasteiger partial charge on any atom is -0.395 e. The lowest BCUT2D eigenvalue weighted by Crippen LogP contribution is -2.31. The van der Waals surface area contributed by atoms with Gasteiger partial charge in [0.2, 0.25) is 5.91 Å². The quantitative estimate of drug-likeness (QED) is 0.835. The van der Waals surface area contributed by atoms with Crippen LogP contribution < -0.4 is 0 Å². The number of rotatable bonds is 4. The molecule has 1 rings (SSSR count). The summed E-state index contributed by atoms with van der Waals surface area (Å²) in [5.74, 6) is -1.89. The average molecular weight is 229 g/mol. The second kappa shape index (κ2) is 5.55. The summed E-state index contributed by atoms with van der Waals surface area (Å²) in [6.45, 7) is -0.0309. The van der Waals surface area contributed by atoms with E-state index >= 15 is 0 Å². The van der Waals surface area contributed by atoms with E-state index in [1.54, 1.807) is 0 Å². The molecule has 1 amide bonds. The minimum absolute atomic E-state index is 0.148. The molecule has 0 aliphatic heterocycles. The van der Waals surface area contributed by atoms with Gasteiger partial charge >= 0.3 is 0 Å². The Morgan fingerprint density at radius 2 is 1.94 bits per heavy atom. The van der Waals surface area contributed by atoms with Gasteiger partial charge in [-0.2, -0.15) is 0 Å². The van der Waals surface area contributed by atoms with Crippen molar-refractivity contribution >= 4 is 5.91 Å². The number of amides is 1. The summed E-state index contributed by atoms with van der Waals surface area (Å²) in [6, 6.07) is 3.46. The SMILES string of the molecule is CN(CCO)C(=O)Cc1c(F)cccc1F. The lowest BCUT2D eigenvalue weighted by molar-refractivity contribution is -0.129. The van der Waals surface area contributed by atoms with Crippen molar-refractivity contribution in [3.63, 3.8) is 0 Å². The highest BCUT2D eigenvalue weighted by Gasteiger charge is 2.15. The Hall–Kier alpha value is -1.49. The number of hydrogen-bond donors (Lipinski definition) is 1. The molecule has 0 atom stereocenters. The van der Waals surface area contributed by atoms with Crippen molar-refractivity contribution in [3.8, 4) is 0 Å². The lowest BCUT2D eigenvalue weighted by atomic mass is 10.1. The van der Waals surface area contributed by atoms with Gasteiger partial charge in [-0.3, -0.25) is 4.79 Å². The number of aliphatic hydroxyl groups excluding tert-OH is 1. The highest BCUT2D eigenvalue weighted by atomic mass is 19.1. The summed E-state index contributed by atoms with van der Waals surface area (Å²) in [6.07, 6.45) is -0.338. The number of aliphatic hydroxyl groups is 1. The van der Waals surface area contributed by atoms with Crippen molar-refractivity contribution in [2.75, 3.05) is 20.2 Å². The smallest absolute Gasteiger partial charge is 0.227 e. The number of nitrogens with zero attached hydrogens (tertiary/aromatic N) is 1. The zero-order chi connectivity index (χ0) is 12.1. The predicted molar refractivity (Wildman–Crippen MR) is 54.8 cm³/mol. The Labute approximate surface area is 92.3 Å². The fraction of sp³-hybridized carbons (Fsp3) is 0.364. The number of likely N-dealkylation sites (N-methyl/N-ethyl adjacent to an activating group) is 1. The van der Waals surface area contributed by atoms with Crippen LogP contribution in [0.1, 0.15) is 5.56 Å². The molecule has 5 heteroatoms. The molecule has 0 unspecified atom stereocenters. The first-order valence-corrected chi connectivity index (χ1v) is 4.84. The molecular formula is C11H13F2NO2. The molecule has 0 saturated heterocycles. The van der Waals surface area contributed by atoms with Gasteiger partial charge in [0.05, 0.1) is 13.0 Å². The number of hydrogen-bond acceptors (Lipinski definition) is 2. The molecule has 0 aliphatic carbocycles. The number of benzene rings is 1. The standard InChI is InChI=1S/C11H13F2NO2/c1-14(5-6-15)11(16)7-8-9(12)3-2-4-10(8)13/h2-4,15H,5-7H2,1H3. The number of halogens is 2. The van der Waals surface area contributed by atoms with Crippen molar-refractivity contribution in [1.29, 1.82) is 0 Å². The molecule has 3 nitrogen and oxygen atoms in total. The van der Waals surface area contributed by atoms with Gasteiger partial charge in [0.25, 0.3) is 0 Å². The Bertz CT molecular complexity index is 362. The molecule has 1 aromatic rings. The van der Waals surface area contributed by atoms with E-state index < -0.39 is 17.5 Å². The molecule has 0 aliphatic rings. The second-order valence-electron chi connectivity index (χ2n) is 3.42. The Balaban J connectivity index is 2.77. The molecule has 0 aromatic heterocycles. The second-order valence-corrected chi connectivity index (χ2v) is 3.42. The van der Waals surface area contributed by atoms with Gasteiger partial charge in [0.1, 0.15) is 11.6 Å². The fourth-order valence-electron chi connectivity index (χ4n) is 1.26. The Kier molecular flexibility index (Phi) is 4.37. The Morgan fingerprint density at radius 3 is 2.44 bits per heavy atom. The Morgan fingerprint density at radius 1 is 1.38 bits per heavy atom. The first-order chi connectivity index (χ1) is 7.56. The van der Waals surface area contributed by atoms with E-state index in [9.17, 15) is 13.6 Å². The summed E-state index contributed by atoms with van der Waals surface area (Å²) in [5, 5.41) is 8.62. The molecule has 0 bridgehead atoms. The predicted octanol–water partition coefficient (Wildman–Crippen LogP) is 0.958. The fourth-order valence-corrected chi connectivity index (χ4v) is 1.26. The maximum absolute atomic E-state index is 13.2. The lowest BCUT2D eigenvalue weighted by Gasteiger charge is -2.15. The van der Waals surface area contributed by atoms with Crippen LogP contribution in [0.4, 0.5) is 8.78 Å². The van der Waals surface area contributed by atoms with E-state index in [0.29, 0.717) is 0 Å². The largest absolute Gasteiger partial charge is 0.395 e. The van der Waals surface area contributed by atoms with Gasteiger partial charge in [-0.05, 0) is 12.1 Å². The molecule has 1 aromatic carbocycles. The molecule has 0 heterocycles. The minimum atomic E-state index is -0.731. The van der Waals surface area contributed by atoms with E-state index in [0.717, 1.165) is 12.1 Å². The molecule has 0 fully saturated rings. The van der Waals surface area contributed by atoms with E-state index in [4.69, 9.17) is 5.11 Å². The highest BCUT2D eigenvalue weighted by Crippen LogP contribution is 2.13. The normalized spacial score (nSPS) is 10.2. The van der Waals surface area contributed by atoms with E-state index in [1.165, 1.54) is 18.0 Å². The zero-order valence-electron chi connectivity index (χ0n) is 8.91. The van der Waals surface area contributed by atoms with Crippen molar-refractivity contribution < 1.29 is 18.7 Å². The van der Waals surface area contributed by atoms with Crippen molar-refractivity contribution in [3.05, 3.63) is 35.4 Å². The third kappa shape index (κ3) is 3.00. The monoisotopic (exact) mass is 229 g/mol. The van der Waals surface area contributed by atoms with Gasteiger partial charge in [0, 0.05) is 19.2 Å².